The number of fused-ring (bicyclic) bond motifs is 4. The number of hydrogen-bond acceptors (Lipinski definition) is 4. The Hall–Kier alpha value is -2.45. The lowest BCUT2D eigenvalue weighted by atomic mass is 9.99. The Balaban J connectivity index is 2.14. The first kappa shape index (κ1) is 14.5. The number of nitrogens with one attached hydrogen (secondary N) is 1. The van der Waals surface area contributed by atoms with Gasteiger partial charge >= 0.3 is 0 Å². The SMILES string of the molecule is O=C=Nc1cccc2c1-c1cncc(c1)CCCCCCN2. The normalized spacial score (nSPS) is 14.5. The molecule has 1 aromatic carbocycles. The number of aromatic nitrogens is 1. The van der Waals surface area contributed by atoms with Gasteiger partial charge in [0, 0.05) is 35.8 Å². The van der Waals surface area contributed by atoms with Gasteiger partial charge in [0.25, 0.3) is 0 Å². The Morgan fingerprint density at radius 2 is 2.05 bits per heavy atom. The van der Waals surface area contributed by atoms with Gasteiger partial charge in [-0.3, -0.25) is 4.98 Å². The second-order valence-corrected chi connectivity index (χ2v) is 5.58. The van der Waals surface area contributed by atoms with Gasteiger partial charge in [0.05, 0.1) is 5.69 Å². The van der Waals surface area contributed by atoms with E-state index in [0.717, 1.165) is 36.2 Å². The molecule has 0 amide bonds. The Morgan fingerprint density at radius 1 is 1.14 bits per heavy atom. The molecule has 3 rings (SSSR count). The molecule has 4 heteroatoms. The third-order valence-electron chi connectivity index (χ3n) is 4.00. The summed E-state index contributed by atoms with van der Waals surface area (Å²) in [5.74, 6) is 0. The van der Waals surface area contributed by atoms with Crippen LogP contribution in [-0.4, -0.2) is 17.6 Å². The number of hydrogen-bond donors (Lipinski definition) is 1. The zero-order valence-electron chi connectivity index (χ0n) is 12.5. The van der Waals surface area contributed by atoms with E-state index in [4.69, 9.17) is 0 Å². The van der Waals surface area contributed by atoms with Crippen molar-refractivity contribution in [1.29, 1.82) is 0 Å². The third-order valence-corrected chi connectivity index (χ3v) is 4.00. The van der Waals surface area contributed by atoms with Crippen LogP contribution in [0.25, 0.3) is 11.1 Å². The van der Waals surface area contributed by atoms with Crippen LogP contribution in [0.3, 0.4) is 0 Å². The fourth-order valence-corrected chi connectivity index (χ4v) is 2.92. The molecule has 0 unspecified atom stereocenters. The average molecular weight is 293 g/mol. The zero-order chi connectivity index (χ0) is 15.2. The van der Waals surface area contributed by atoms with E-state index in [1.165, 1.54) is 24.8 Å². The van der Waals surface area contributed by atoms with Crippen molar-refractivity contribution in [2.24, 2.45) is 4.99 Å². The maximum atomic E-state index is 10.7. The van der Waals surface area contributed by atoms with Crippen LogP contribution in [0.1, 0.15) is 31.2 Å². The molecular weight excluding hydrogens is 274 g/mol. The first-order valence-electron chi connectivity index (χ1n) is 7.77. The molecule has 0 spiro atoms. The van der Waals surface area contributed by atoms with Crippen molar-refractivity contribution in [2.75, 3.05) is 11.9 Å². The molecule has 2 heterocycles. The third kappa shape index (κ3) is 3.23. The molecule has 112 valence electrons. The molecule has 0 fully saturated rings. The number of anilines is 1. The van der Waals surface area contributed by atoms with Crippen molar-refractivity contribution in [3.05, 3.63) is 42.2 Å². The van der Waals surface area contributed by atoms with Gasteiger partial charge < -0.3 is 5.32 Å². The molecular formula is C18H19N3O. The first-order chi connectivity index (χ1) is 10.9. The highest BCUT2D eigenvalue weighted by Crippen LogP contribution is 2.37. The van der Waals surface area contributed by atoms with Gasteiger partial charge in [0.2, 0.25) is 6.08 Å². The van der Waals surface area contributed by atoms with Gasteiger partial charge in [0.1, 0.15) is 0 Å². The number of pyridine rings is 1. The smallest absolute Gasteiger partial charge is 0.240 e. The second-order valence-electron chi connectivity index (χ2n) is 5.58. The van der Waals surface area contributed by atoms with E-state index in [2.05, 4.69) is 21.4 Å². The average Bonchev–Trinajstić information content (AvgIpc) is 2.54. The molecule has 22 heavy (non-hydrogen) atoms. The lowest BCUT2D eigenvalue weighted by Crippen LogP contribution is -2.04. The van der Waals surface area contributed by atoms with E-state index < -0.39 is 0 Å². The van der Waals surface area contributed by atoms with Crippen molar-refractivity contribution < 1.29 is 4.79 Å². The van der Waals surface area contributed by atoms with E-state index >= 15 is 0 Å². The van der Waals surface area contributed by atoms with Crippen LogP contribution in [0.5, 0.6) is 0 Å². The van der Waals surface area contributed by atoms with Gasteiger partial charge in [-0.15, -0.1) is 0 Å². The van der Waals surface area contributed by atoms with Crippen molar-refractivity contribution in [2.45, 2.75) is 32.1 Å². The summed E-state index contributed by atoms with van der Waals surface area (Å²) in [4.78, 5) is 19.0. The summed E-state index contributed by atoms with van der Waals surface area (Å²) in [6.07, 6.45) is 11.3. The van der Waals surface area contributed by atoms with Crippen LogP contribution < -0.4 is 5.32 Å². The summed E-state index contributed by atoms with van der Waals surface area (Å²) in [5, 5.41) is 3.47. The molecule has 2 bridgehead atoms. The van der Waals surface area contributed by atoms with Crippen LogP contribution in [0.4, 0.5) is 11.4 Å². The van der Waals surface area contributed by atoms with E-state index in [1.54, 1.807) is 6.08 Å². The summed E-state index contributed by atoms with van der Waals surface area (Å²) in [6, 6.07) is 7.92. The minimum atomic E-state index is 0.635. The van der Waals surface area contributed by atoms with E-state index in [9.17, 15) is 4.79 Å². The molecule has 1 aromatic heterocycles. The number of isocyanates is 1. The number of rotatable bonds is 1. The number of carbonyl (C=O) groups excluding carboxylic acids is 1. The molecule has 1 aliphatic rings. The van der Waals surface area contributed by atoms with Gasteiger partial charge in [0.15, 0.2) is 0 Å². The van der Waals surface area contributed by atoms with Crippen LogP contribution >= 0.6 is 0 Å². The standard InChI is InChI=1S/C18H19N3O/c22-13-21-17-8-5-7-16-18(17)15-10-14(11-19-12-15)6-3-1-2-4-9-20-16/h5,7-8,10-12,20H,1-4,6,9H2. The van der Waals surface area contributed by atoms with Gasteiger partial charge in [-0.05, 0) is 43.0 Å². The van der Waals surface area contributed by atoms with E-state index in [1.807, 2.05) is 30.6 Å². The maximum absolute atomic E-state index is 10.7. The lowest BCUT2D eigenvalue weighted by Gasteiger charge is -2.15. The molecule has 0 saturated heterocycles. The fourth-order valence-electron chi connectivity index (χ4n) is 2.92. The molecule has 0 radical (unpaired) electrons. The Labute approximate surface area is 130 Å². The summed E-state index contributed by atoms with van der Waals surface area (Å²) in [5.41, 5.74) is 4.79. The zero-order valence-corrected chi connectivity index (χ0v) is 12.5. The molecule has 1 N–H and O–H groups in total. The maximum Gasteiger partial charge on any atom is 0.240 e. The van der Waals surface area contributed by atoms with E-state index in [-0.39, 0.29) is 0 Å². The summed E-state index contributed by atoms with van der Waals surface area (Å²) in [7, 11) is 0. The molecule has 0 saturated carbocycles. The van der Waals surface area contributed by atoms with Crippen LogP contribution in [0.15, 0.2) is 41.7 Å². The predicted octanol–water partition coefficient (Wildman–Crippen LogP) is 4.24. The topological polar surface area (TPSA) is 54.4 Å². The number of benzene rings is 1. The summed E-state index contributed by atoms with van der Waals surface area (Å²) >= 11 is 0. The van der Waals surface area contributed by atoms with Gasteiger partial charge in [-0.25, -0.2) is 4.79 Å². The van der Waals surface area contributed by atoms with Crippen LogP contribution in [0.2, 0.25) is 0 Å². The summed E-state index contributed by atoms with van der Waals surface area (Å²) < 4.78 is 0. The van der Waals surface area contributed by atoms with Crippen LogP contribution in [-0.2, 0) is 11.2 Å². The van der Waals surface area contributed by atoms with Gasteiger partial charge in [-0.1, -0.05) is 18.9 Å². The van der Waals surface area contributed by atoms with Crippen molar-refractivity contribution >= 4 is 17.5 Å². The van der Waals surface area contributed by atoms with Crippen molar-refractivity contribution in [1.82, 2.24) is 4.98 Å². The summed E-state index contributed by atoms with van der Waals surface area (Å²) in [6.45, 7) is 0.925. The molecule has 2 aromatic rings. The Kier molecular flexibility index (Phi) is 4.62. The molecule has 0 atom stereocenters. The molecule has 1 aliphatic heterocycles. The molecule has 4 nitrogen and oxygen atoms in total. The number of aliphatic imine (C=N–C) groups is 1. The Bertz CT molecular complexity index is 705. The van der Waals surface area contributed by atoms with Crippen molar-refractivity contribution in [3.63, 3.8) is 0 Å². The highest BCUT2D eigenvalue weighted by atomic mass is 16.1. The lowest BCUT2D eigenvalue weighted by molar-refractivity contribution is 0.565. The monoisotopic (exact) mass is 293 g/mol. The predicted molar refractivity (Wildman–Crippen MR) is 88.1 cm³/mol. The minimum absolute atomic E-state index is 0.635. The highest BCUT2D eigenvalue weighted by molar-refractivity contribution is 5.88. The minimum Gasteiger partial charge on any atom is -0.384 e. The largest absolute Gasteiger partial charge is 0.384 e. The fraction of sp³-hybridized carbons (Fsp3) is 0.333. The van der Waals surface area contributed by atoms with Gasteiger partial charge in [-0.2, -0.15) is 4.99 Å². The molecule has 0 aliphatic carbocycles. The number of nitrogens with zero attached hydrogens (tertiary/aromatic N) is 2. The second kappa shape index (κ2) is 7.01. The van der Waals surface area contributed by atoms with Crippen molar-refractivity contribution in [3.8, 4) is 11.1 Å². The van der Waals surface area contributed by atoms with Crippen LogP contribution in [0, 0.1) is 0 Å². The Morgan fingerprint density at radius 3 is 2.95 bits per heavy atom. The quantitative estimate of drug-likeness (QED) is 0.632. The van der Waals surface area contributed by atoms with E-state index in [0.29, 0.717) is 5.69 Å². The number of aryl methyl sites for hydroxylation is 1. The first-order valence-corrected chi connectivity index (χ1v) is 7.77. The highest BCUT2D eigenvalue weighted by Gasteiger charge is 2.12.